The molecule has 0 unspecified atom stereocenters. The van der Waals surface area contributed by atoms with Crippen molar-refractivity contribution >= 4 is 17.6 Å². The number of carbonyl (C=O) groups is 2. The van der Waals surface area contributed by atoms with Crippen LogP contribution in [0.4, 0.5) is 5.69 Å². The third-order valence-corrected chi connectivity index (χ3v) is 4.01. The lowest BCUT2D eigenvalue weighted by Crippen LogP contribution is -2.41. The fourth-order valence-corrected chi connectivity index (χ4v) is 2.65. The first-order valence-electron chi connectivity index (χ1n) is 8.40. The van der Waals surface area contributed by atoms with Crippen LogP contribution in [0.3, 0.4) is 0 Å². The van der Waals surface area contributed by atoms with Gasteiger partial charge in [0.1, 0.15) is 6.04 Å². The molecule has 0 aliphatic heterocycles. The minimum absolute atomic E-state index is 0.314. The van der Waals surface area contributed by atoms with Gasteiger partial charge in [-0.2, -0.15) is 0 Å². The van der Waals surface area contributed by atoms with Crippen LogP contribution in [-0.4, -0.2) is 25.0 Å². The number of amides is 1. The van der Waals surface area contributed by atoms with E-state index >= 15 is 0 Å². The Balaban J connectivity index is 2.30. The van der Waals surface area contributed by atoms with Crippen molar-refractivity contribution in [3.05, 3.63) is 54.1 Å². The van der Waals surface area contributed by atoms with Crippen LogP contribution in [0.15, 0.2) is 48.5 Å². The largest absolute Gasteiger partial charge is 0.467 e. The van der Waals surface area contributed by atoms with Gasteiger partial charge in [0.25, 0.3) is 5.91 Å². The average Bonchev–Trinajstić information content (AvgIpc) is 2.64. The molecule has 2 rings (SSSR count). The zero-order valence-corrected chi connectivity index (χ0v) is 14.6. The van der Waals surface area contributed by atoms with Crippen molar-refractivity contribution in [2.75, 3.05) is 12.8 Å². The van der Waals surface area contributed by atoms with E-state index in [1.54, 1.807) is 18.2 Å². The Kier molecular flexibility index (Phi) is 6.57. The van der Waals surface area contributed by atoms with Crippen molar-refractivity contribution in [1.29, 1.82) is 0 Å². The van der Waals surface area contributed by atoms with Crippen LogP contribution in [0.2, 0.25) is 0 Å². The van der Waals surface area contributed by atoms with Crippen LogP contribution in [0.1, 0.15) is 36.5 Å². The summed E-state index contributed by atoms with van der Waals surface area (Å²) in [7, 11) is 1.33. The molecule has 0 saturated heterocycles. The van der Waals surface area contributed by atoms with Gasteiger partial charge in [-0.25, -0.2) is 4.79 Å². The first-order chi connectivity index (χ1) is 12.1. The number of rotatable bonds is 7. The van der Waals surface area contributed by atoms with E-state index in [9.17, 15) is 9.59 Å². The fraction of sp³-hybridized carbons (Fsp3) is 0.300. The zero-order chi connectivity index (χ0) is 18.2. The van der Waals surface area contributed by atoms with Crippen LogP contribution in [-0.2, 0) is 9.53 Å². The second-order valence-electron chi connectivity index (χ2n) is 5.86. The number of methoxy groups -OCH3 is 1. The van der Waals surface area contributed by atoms with Gasteiger partial charge >= 0.3 is 5.97 Å². The van der Waals surface area contributed by atoms with Crippen LogP contribution >= 0.6 is 0 Å². The van der Waals surface area contributed by atoms with E-state index in [-0.39, 0.29) is 5.91 Å². The molecule has 5 heteroatoms. The number of benzene rings is 2. The van der Waals surface area contributed by atoms with Gasteiger partial charge < -0.3 is 15.8 Å². The van der Waals surface area contributed by atoms with Gasteiger partial charge in [-0.1, -0.05) is 50.1 Å². The molecule has 3 N–H and O–H groups in total. The molecule has 0 aliphatic carbocycles. The quantitative estimate of drug-likeness (QED) is 0.598. The molecule has 0 heterocycles. The Labute approximate surface area is 148 Å². The number of nitrogen functional groups attached to an aromatic ring is 1. The van der Waals surface area contributed by atoms with Crippen molar-refractivity contribution in [1.82, 2.24) is 5.32 Å². The van der Waals surface area contributed by atoms with E-state index in [0.717, 1.165) is 24.0 Å². The Morgan fingerprint density at radius 1 is 1.16 bits per heavy atom. The standard InChI is InChI=1S/C20H24N2O3/c1-3-4-10-18(20(24)25-2)22-19(23)16-12-11-15(21)13-17(16)14-8-6-5-7-9-14/h5-9,11-13,18H,3-4,10,21H2,1-2H3,(H,22,23)/t18-/m0/s1. The predicted octanol–water partition coefficient (Wildman–Crippen LogP) is 3.40. The number of ether oxygens (including phenoxy) is 1. The second kappa shape index (κ2) is 8.87. The molecule has 25 heavy (non-hydrogen) atoms. The molecule has 0 aliphatic rings. The number of nitrogens with one attached hydrogen (secondary N) is 1. The third kappa shape index (κ3) is 4.83. The minimum Gasteiger partial charge on any atom is -0.467 e. The number of hydrogen-bond donors (Lipinski definition) is 2. The summed E-state index contributed by atoms with van der Waals surface area (Å²) in [5.74, 6) is -0.746. The minimum atomic E-state index is -0.654. The van der Waals surface area contributed by atoms with Gasteiger partial charge in [-0.15, -0.1) is 0 Å². The van der Waals surface area contributed by atoms with Crippen molar-refractivity contribution in [2.24, 2.45) is 0 Å². The number of hydrogen-bond acceptors (Lipinski definition) is 4. The maximum Gasteiger partial charge on any atom is 0.328 e. The number of esters is 1. The first-order valence-corrected chi connectivity index (χ1v) is 8.40. The Bertz CT molecular complexity index is 729. The van der Waals surface area contributed by atoms with E-state index in [2.05, 4.69) is 5.32 Å². The highest BCUT2D eigenvalue weighted by Gasteiger charge is 2.23. The van der Waals surface area contributed by atoms with Crippen molar-refractivity contribution in [3.63, 3.8) is 0 Å². The third-order valence-electron chi connectivity index (χ3n) is 4.01. The lowest BCUT2D eigenvalue weighted by atomic mass is 9.98. The maximum atomic E-state index is 12.8. The molecule has 0 saturated carbocycles. The Morgan fingerprint density at radius 2 is 1.88 bits per heavy atom. The summed E-state index contributed by atoms with van der Waals surface area (Å²) < 4.78 is 4.81. The summed E-state index contributed by atoms with van der Waals surface area (Å²) in [6.45, 7) is 2.03. The van der Waals surface area contributed by atoms with Crippen molar-refractivity contribution in [3.8, 4) is 11.1 Å². The summed E-state index contributed by atoms with van der Waals surface area (Å²) in [5, 5.41) is 2.79. The molecule has 2 aromatic rings. The van der Waals surface area contributed by atoms with Gasteiger partial charge in [0.15, 0.2) is 0 Å². The molecule has 1 amide bonds. The number of unbranched alkanes of at least 4 members (excludes halogenated alkanes) is 1. The molecule has 0 fully saturated rings. The Hall–Kier alpha value is -2.82. The zero-order valence-electron chi connectivity index (χ0n) is 14.6. The van der Waals surface area contributed by atoms with Gasteiger partial charge in [0, 0.05) is 11.3 Å². The molecule has 0 aromatic heterocycles. The maximum absolute atomic E-state index is 12.8. The molecule has 0 spiro atoms. The molecule has 0 bridgehead atoms. The monoisotopic (exact) mass is 340 g/mol. The SMILES string of the molecule is CCCC[C@H](NC(=O)c1ccc(N)cc1-c1ccccc1)C(=O)OC. The fourth-order valence-electron chi connectivity index (χ4n) is 2.65. The molecule has 0 radical (unpaired) electrons. The molecule has 2 aromatic carbocycles. The van der Waals surface area contributed by atoms with E-state index in [0.29, 0.717) is 17.7 Å². The summed E-state index contributed by atoms with van der Waals surface area (Å²) in [6.07, 6.45) is 2.30. The van der Waals surface area contributed by atoms with E-state index < -0.39 is 12.0 Å². The highest BCUT2D eigenvalue weighted by atomic mass is 16.5. The molecular formula is C20H24N2O3. The molecule has 5 nitrogen and oxygen atoms in total. The van der Waals surface area contributed by atoms with Gasteiger partial charge in [0.2, 0.25) is 0 Å². The van der Waals surface area contributed by atoms with Crippen LogP contribution in [0.25, 0.3) is 11.1 Å². The number of anilines is 1. The van der Waals surface area contributed by atoms with Crippen molar-refractivity contribution in [2.45, 2.75) is 32.2 Å². The molecule has 132 valence electrons. The normalized spacial score (nSPS) is 11.6. The van der Waals surface area contributed by atoms with Crippen molar-refractivity contribution < 1.29 is 14.3 Å². The van der Waals surface area contributed by atoms with E-state index in [1.165, 1.54) is 7.11 Å². The van der Waals surface area contributed by atoms with Crippen LogP contribution in [0, 0.1) is 0 Å². The highest BCUT2D eigenvalue weighted by molar-refractivity contribution is 6.03. The number of carbonyl (C=O) groups excluding carboxylic acids is 2. The van der Waals surface area contributed by atoms with Gasteiger partial charge in [0.05, 0.1) is 7.11 Å². The summed E-state index contributed by atoms with van der Waals surface area (Å²) in [5.41, 5.74) is 8.57. The Morgan fingerprint density at radius 3 is 2.52 bits per heavy atom. The lowest BCUT2D eigenvalue weighted by Gasteiger charge is -2.18. The van der Waals surface area contributed by atoms with E-state index in [1.807, 2.05) is 37.3 Å². The second-order valence-corrected chi connectivity index (χ2v) is 5.86. The highest BCUT2D eigenvalue weighted by Crippen LogP contribution is 2.26. The first kappa shape index (κ1) is 18.5. The van der Waals surface area contributed by atoms with Gasteiger partial charge in [-0.3, -0.25) is 4.79 Å². The van der Waals surface area contributed by atoms with Crippen LogP contribution < -0.4 is 11.1 Å². The van der Waals surface area contributed by atoms with Crippen LogP contribution in [0.5, 0.6) is 0 Å². The molecular weight excluding hydrogens is 316 g/mol. The topological polar surface area (TPSA) is 81.4 Å². The van der Waals surface area contributed by atoms with E-state index in [4.69, 9.17) is 10.5 Å². The summed E-state index contributed by atoms with van der Waals surface area (Å²) >= 11 is 0. The van der Waals surface area contributed by atoms with Gasteiger partial charge in [-0.05, 0) is 35.7 Å². The average molecular weight is 340 g/mol. The molecule has 1 atom stereocenters. The predicted molar refractivity (Wildman–Crippen MR) is 99.1 cm³/mol. The summed E-state index contributed by atoms with van der Waals surface area (Å²) in [6, 6.07) is 14.0. The summed E-state index contributed by atoms with van der Waals surface area (Å²) in [4.78, 5) is 24.7. The lowest BCUT2D eigenvalue weighted by molar-refractivity contribution is -0.143. The smallest absolute Gasteiger partial charge is 0.328 e. The number of nitrogens with two attached hydrogens (primary N) is 1.